The number of thiol groups is 1. The minimum Gasteiger partial charge on any atom is -0.353 e. The highest BCUT2D eigenvalue weighted by atomic mass is 32.1. The standard InChI is InChI=1S/C28H42N4O4S/c1-19-27(35)32-24(10-6-3-7-15-37)28(36)31-22-13-11-21(12-14-22)17-25(33)30-23(18-26(34)29-19)16-20-8-4-2-5-9-20/h2,4-5,8-9,19,21-24,37H,3,6-7,10-18H2,1H3,(H,29,34)(H,30,33)(H,31,36)(H,32,35)/t19-,21?,22?,23+,24+/m1/s1. The van der Waals surface area contributed by atoms with Crippen molar-refractivity contribution in [3.63, 3.8) is 0 Å². The fourth-order valence-electron chi connectivity index (χ4n) is 5.23. The van der Waals surface area contributed by atoms with Gasteiger partial charge < -0.3 is 21.3 Å². The summed E-state index contributed by atoms with van der Waals surface area (Å²) >= 11 is 4.25. The maximum Gasteiger partial charge on any atom is 0.242 e. The molecule has 0 radical (unpaired) electrons. The number of benzene rings is 1. The van der Waals surface area contributed by atoms with Crippen LogP contribution >= 0.6 is 12.6 Å². The quantitative estimate of drug-likeness (QED) is 0.212. The summed E-state index contributed by atoms with van der Waals surface area (Å²) in [6, 6.07) is 7.97. The van der Waals surface area contributed by atoms with Crippen LogP contribution in [0.4, 0.5) is 0 Å². The number of carbonyl (C=O) groups is 4. The third-order valence-electron chi connectivity index (χ3n) is 7.34. The molecule has 8 nitrogen and oxygen atoms in total. The molecule has 2 aliphatic heterocycles. The predicted molar refractivity (Wildman–Crippen MR) is 147 cm³/mol. The summed E-state index contributed by atoms with van der Waals surface area (Å²) in [5.74, 6) is 0.108. The van der Waals surface area contributed by atoms with E-state index in [1.165, 1.54) is 0 Å². The SMILES string of the molecule is C[C@H]1NC(=O)C[C@H](Cc2ccccc2)NC(=O)CC2CCC(CC2)NC(=O)[C@H](CCCCCS)NC1=O. The van der Waals surface area contributed by atoms with Crippen LogP contribution in [0.2, 0.25) is 0 Å². The van der Waals surface area contributed by atoms with Gasteiger partial charge in [0.15, 0.2) is 0 Å². The van der Waals surface area contributed by atoms with Gasteiger partial charge in [-0.25, -0.2) is 0 Å². The number of nitrogens with one attached hydrogen (secondary N) is 4. The van der Waals surface area contributed by atoms with E-state index in [1.54, 1.807) is 6.92 Å². The number of fused-ring (bicyclic) bond motifs is 14. The molecule has 0 aromatic heterocycles. The summed E-state index contributed by atoms with van der Waals surface area (Å²) in [6.07, 6.45) is 7.60. The summed E-state index contributed by atoms with van der Waals surface area (Å²) in [5, 5.41) is 11.8. The van der Waals surface area contributed by atoms with E-state index in [0.29, 0.717) is 19.3 Å². The first-order valence-electron chi connectivity index (χ1n) is 13.7. The molecule has 4 amide bonds. The number of rotatable bonds is 7. The fraction of sp³-hybridized carbons (Fsp3) is 0.643. The second kappa shape index (κ2) is 15.0. The molecule has 3 aliphatic rings. The Kier molecular flexibility index (Phi) is 11.8. The Morgan fingerprint density at radius 1 is 0.784 bits per heavy atom. The Morgan fingerprint density at radius 2 is 1.49 bits per heavy atom. The normalized spacial score (nSPS) is 28.0. The van der Waals surface area contributed by atoms with Gasteiger partial charge in [0.25, 0.3) is 0 Å². The van der Waals surface area contributed by atoms with Gasteiger partial charge in [0.1, 0.15) is 12.1 Å². The minimum absolute atomic E-state index is 0.0438. The Labute approximate surface area is 225 Å². The minimum atomic E-state index is -0.806. The van der Waals surface area contributed by atoms with Gasteiger partial charge in [0, 0.05) is 24.9 Å². The van der Waals surface area contributed by atoms with Crippen molar-refractivity contribution >= 4 is 36.3 Å². The summed E-state index contributed by atoms with van der Waals surface area (Å²) in [7, 11) is 0. The van der Waals surface area contributed by atoms with Crippen LogP contribution in [0.1, 0.15) is 76.7 Å². The molecule has 2 saturated heterocycles. The van der Waals surface area contributed by atoms with E-state index in [1.807, 2.05) is 30.3 Å². The van der Waals surface area contributed by atoms with Crippen LogP contribution in [0, 0.1) is 5.92 Å². The van der Waals surface area contributed by atoms with Crippen molar-refractivity contribution in [2.45, 2.75) is 102 Å². The topological polar surface area (TPSA) is 116 Å². The van der Waals surface area contributed by atoms with Crippen LogP contribution < -0.4 is 21.3 Å². The molecule has 1 saturated carbocycles. The maximum absolute atomic E-state index is 13.1. The maximum atomic E-state index is 13.1. The van der Waals surface area contributed by atoms with E-state index < -0.39 is 12.1 Å². The first kappa shape index (κ1) is 29.0. The van der Waals surface area contributed by atoms with E-state index in [-0.39, 0.29) is 48.1 Å². The number of amides is 4. The van der Waals surface area contributed by atoms with Gasteiger partial charge >= 0.3 is 0 Å². The lowest BCUT2D eigenvalue weighted by Crippen LogP contribution is -2.54. The van der Waals surface area contributed by atoms with Crippen molar-refractivity contribution in [3.05, 3.63) is 35.9 Å². The van der Waals surface area contributed by atoms with Gasteiger partial charge in [-0.2, -0.15) is 12.6 Å². The van der Waals surface area contributed by atoms with E-state index in [4.69, 9.17) is 0 Å². The summed E-state index contributed by atoms with van der Waals surface area (Å²) in [4.78, 5) is 51.8. The molecule has 0 unspecified atom stereocenters. The molecule has 2 bridgehead atoms. The molecule has 1 aromatic carbocycles. The zero-order valence-corrected chi connectivity index (χ0v) is 22.7. The summed E-state index contributed by atoms with van der Waals surface area (Å²) in [6.45, 7) is 1.61. The number of hydrogen-bond acceptors (Lipinski definition) is 5. The molecule has 3 atom stereocenters. The van der Waals surface area contributed by atoms with Crippen LogP contribution in [0.25, 0.3) is 0 Å². The molecule has 2 heterocycles. The van der Waals surface area contributed by atoms with Crippen molar-refractivity contribution in [2.24, 2.45) is 5.92 Å². The molecule has 3 fully saturated rings. The lowest BCUT2D eigenvalue weighted by molar-refractivity contribution is -0.132. The second-order valence-corrected chi connectivity index (χ2v) is 11.0. The van der Waals surface area contributed by atoms with Crippen LogP contribution in [0.15, 0.2) is 30.3 Å². The van der Waals surface area contributed by atoms with Crippen molar-refractivity contribution in [1.82, 2.24) is 21.3 Å². The molecule has 4 N–H and O–H groups in total. The molecule has 1 aliphatic carbocycles. The van der Waals surface area contributed by atoms with Gasteiger partial charge in [0.05, 0.1) is 0 Å². The van der Waals surface area contributed by atoms with Crippen LogP contribution in [0.5, 0.6) is 0 Å². The van der Waals surface area contributed by atoms with Crippen molar-refractivity contribution in [3.8, 4) is 0 Å². The Balaban J connectivity index is 1.74. The van der Waals surface area contributed by atoms with Gasteiger partial charge in [-0.05, 0) is 69.1 Å². The largest absolute Gasteiger partial charge is 0.353 e. The van der Waals surface area contributed by atoms with Gasteiger partial charge in [0.2, 0.25) is 23.6 Å². The van der Waals surface area contributed by atoms with Gasteiger partial charge in [-0.3, -0.25) is 19.2 Å². The highest BCUT2D eigenvalue weighted by molar-refractivity contribution is 7.80. The van der Waals surface area contributed by atoms with Crippen molar-refractivity contribution < 1.29 is 19.2 Å². The summed E-state index contributed by atoms with van der Waals surface area (Å²) in [5.41, 5.74) is 1.03. The van der Waals surface area contributed by atoms with Crippen LogP contribution in [-0.4, -0.2) is 53.5 Å². The third-order valence-corrected chi connectivity index (χ3v) is 7.66. The van der Waals surface area contributed by atoms with E-state index in [9.17, 15) is 19.2 Å². The first-order valence-corrected chi connectivity index (χ1v) is 14.3. The fourth-order valence-corrected chi connectivity index (χ4v) is 5.45. The monoisotopic (exact) mass is 530 g/mol. The number of unbranched alkanes of at least 4 members (excludes halogenated alkanes) is 2. The van der Waals surface area contributed by atoms with Gasteiger partial charge in [-0.1, -0.05) is 43.2 Å². The van der Waals surface area contributed by atoms with Crippen molar-refractivity contribution in [2.75, 3.05) is 5.75 Å². The Hall–Kier alpha value is -2.55. The molecular weight excluding hydrogens is 488 g/mol. The molecule has 37 heavy (non-hydrogen) atoms. The van der Waals surface area contributed by atoms with Gasteiger partial charge in [-0.15, -0.1) is 0 Å². The lowest BCUT2D eigenvalue weighted by Gasteiger charge is -2.30. The number of hydrogen-bond donors (Lipinski definition) is 5. The zero-order chi connectivity index (χ0) is 26.6. The van der Waals surface area contributed by atoms with Crippen molar-refractivity contribution in [1.29, 1.82) is 0 Å². The Bertz CT molecular complexity index is 905. The third kappa shape index (κ3) is 10.0. The number of carbonyl (C=O) groups excluding carboxylic acids is 4. The first-order chi connectivity index (χ1) is 17.8. The van der Waals surface area contributed by atoms with E-state index in [0.717, 1.165) is 56.3 Å². The Morgan fingerprint density at radius 3 is 2.19 bits per heavy atom. The molecular formula is C28H42N4O4S. The summed E-state index contributed by atoms with van der Waals surface area (Å²) < 4.78 is 0. The lowest BCUT2D eigenvalue weighted by atomic mass is 9.83. The molecule has 9 heteroatoms. The highest BCUT2D eigenvalue weighted by Gasteiger charge is 2.30. The van der Waals surface area contributed by atoms with Crippen LogP contribution in [-0.2, 0) is 25.6 Å². The average Bonchev–Trinajstić information content (AvgIpc) is 2.86. The highest BCUT2D eigenvalue weighted by Crippen LogP contribution is 2.27. The molecule has 1 aromatic rings. The van der Waals surface area contributed by atoms with E-state index >= 15 is 0 Å². The molecule has 0 spiro atoms. The molecule has 204 valence electrons. The predicted octanol–water partition coefficient (Wildman–Crippen LogP) is 2.66. The average molecular weight is 531 g/mol. The van der Waals surface area contributed by atoms with Crippen LogP contribution in [0.3, 0.4) is 0 Å². The zero-order valence-electron chi connectivity index (χ0n) is 21.8. The second-order valence-electron chi connectivity index (χ2n) is 10.5. The molecule has 4 rings (SSSR count). The van der Waals surface area contributed by atoms with E-state index in [2.05, 4.69) is 33.9 Å². The smallest absolute Gasteiger partial charge is 0.242 e.